The second kappa shape index (κ2) is 6.25. The van der Waals surface area contributed by atoms with Gasteiger partial charge in [0.15, 0.2) is 0 Å². The van der Waals surface area contributed by atoms with E-state index in [1.165, 1.54) is 0 Å². The minimum atomic E-state index is 0.105. The fraction of sp³-hybridized carbons (Fsp3) is 0.900. The molecule has 0 saturated carbocycles. The summed E-state index contributed by atoms with van der Waals surface area (Å²) in [4.78, 5) is 11.4. The molecule has 0 radical (unpaired) electrons. The lowest BCUT2D eigenvalue weighted by molar-refractivity contribution is -0.125. The van der Waals surface area contributed by atoms with E-state index in [1.54, 1.807) is 0 Å². The zero-order chi connectivity index (χ0) is 10.4. The predicted molar refractivity (Wildman–Crippen MR) is 57.0 cm³/mol. The third-order valence-corrected chi connectivity index (χ3v) is 2.31. The third kappa shape index (κ3) is 5.92. The molecule has 78 valence electrons. The Kier molecular flexibility index (Phi) is 6.13. The molecule has 0 aliphatic carbocycles. The SMILES string of the molecule is CCC(C)C(=O)NC(C)CC(C)Cl. The average Bonchev–Trinajstić information content (AvgIpc) is 2.01. The number of alkyl halides is 1. The van der Waals surface area contributed by atoms with Crippen molar-refractivity contribution in [3.05, 3.63) is 0 Å². The molecule has 3 unspecified atom stereocenters. The lowest BCUT2D eigenvalue weighted by atomic mass is 10.1. The third-order valence-electron chi connectivity index (χ3n) is 2.13. The molecule has 0 spiro atoms. The van der Waals surface area contributed by atoms with E-state index in [2.05, 4.69) is 5.32 Å². The van der Waals surface area contributed by atoms with E-state index in [9.17, 15) is 4.79 Å². The van der Waals surface area contributed by atoms with E-state index < -0.39 is 0 Å². The molecule has 2 nitrogen and oxygen atoms in total. The lowest BCUT2D eigenvalue weighted by Gasteiger charge is -2.17. The molecule has 0 saturated heterocycles. The Balaban J connectivity index is 3.77. The first-order valence-corrected chi connectivity index (χ1v) is 5.35. The summed E-state index contributed by atoms with van der Waals surface area (Å²) < 4.78 is 0. The topological polar surface area (TPSA) is 29.1 Å². The van der Waals surface area contributed by atoms with Crippen LogP contribution in [0, 0.1) is 5.92 Å². The lowest BCUT2D eigenvalue weighted by Crippen LogP contribution is -2.37. The van der Waals surface area contributed by atoms with Gasteiger partial charge in [0.25, 0.3) is 0 Å². The molecule has 0 aliphatic heterocycles. The maximum absolute atomic E-state index is 11.4. The summed E-state index contributed by atoms with van der Waals surface area (Å²) in [6.07, 6.45) is 1.71. The van der Waals surface area contributed by atoms with Crippen LogP contribution < -0.4 is 5.32 Å². The number of nitrogens with one attached hydrogen (secondary N) is 1. The van der Waals surface area contributed by atoms with Crippen LogP contribution in [-0.4, -0.2) is 17.3 Å². The van der Waals surface area contributed by atoms with Crippen LogP contribution in [0.1, 0.15) is 40.5 Å². The summed E-state index contributed by atoms with van der Waals surface area (Å²) in [5.74, 6) is 0.236. The number of hydrogen-bond donors (Lipinski definition) is 1. The zero-order valence-corrected chi connectivity index (χ0v) is 9.69. The van der Waals surface area contributed by atoms with Gasteiger partial charge in [-0.3, -0.25) is 4.79 Å². The Morgan fingerprint density at radius 2 is 1.92 bits per heavy atom. The predicted octanol–water partition coefficient (Wildman–Crippen LogP) is 2.55. The highest BCUT2D eigenvalue weighted by Gasteiger charge is 2.14. The Morgan fingerprint density at radius 3 is 2.31 bits per heavy atom. The van der Waals surface area contributed by atoms with E-state index in [1.807, 2.05) is 27.7 Å². The first kappa shape index (κ1) is 12.8. The van der Waals surface area contributed by atoms with Gasteiger partial charge in [-0.2, -0.15) is 0 Å². The van der Waals surface area contributed by atoms with Crippen molar-refractivity contribution in [1.29, 1.82) is 0 Å². The number of halogens is 1. The van der Waals surface area contributed by atoms with Gasteiger partial charge in [0.05, 0.1) is 0 Å². The van der Waals surface area contributed by atoms with E-state index in [4.69, 9.17) is 11.6 Å². The van der Waals surface area contributed by atoms with E-state index >= 15 is 0 Å². The molecule has 0 bridgehead atoms. The Hall–Kier alpha value is -0.240. The van der Waals surface area contributed by atoms with Crippen LogP contribution in [-0.2, 0) is 4.79 Å². The summed E-state index contributed by atoms with van der Waals surface area (Å²) in [5, 5.41) is 3.06. The fourth-order valence-electron chi connectivity index (χ4n) is 1.12. The molecular weight excluding hydrogens is 186 g/mol. The summed E-state index contributed by atoms with van der Waals surface area (Å²) in [6, 6.07) is 0.175. The molecule has 13 heavy (non-hydrogen) atoms. The van der Waals surface area contributed by atoms with Gasteiger partial charge in [-0.25, -0.2) is 0 Å². The van der Waals surface area contributed by atoms with Gasteiger partial charge >= 0.3 is 0 Å². The molecule has 3 atom stereocenters. The second-order valence-electron chi connectivity index (χ2n) is 3.74. The van der Waals surface area contributed by atoms with Crippen molar-refractivity contribution in [2.75, 3.05) is 0 Å². The van der Waals surface area contributed by atoms with Crippen molar-refractivity contribution in [1.82, 2.24) is 5.32 Å². The summed E-state index contributed by atoms with van der Waals surface area (Å²) >= 11 is 5.82. The van der Waals surface area contributed by atoms with Gasteiger partial charge in [-0.15, -0.1) is 11.6 Å². The molecule has 0 aromatic carbocycles. The van der Waals surface area contributed by atoms with Crippen molar-refractivity contribution in [3.63, 3.8) is 0 Å². The maximum Gasteiger partial charge on any atom is 0.223 e. The summed E-state index contributed by atoms with van der Waals surface area (Å²) in [5.41, 5.74) is 0. The highest BCUT2D eigenvalue weighted by molar-refractivity contribution is 6.20. The molecule has 1 N–H and O–H groups in total. The highest BCUT2D eigenvalue weighted by atomic mass is 35.5. The Bertz CT molecular complexity index is 159. The first-order chi connectivity index (χ1) is 5.97. The largest absolute Gasteiger partial charge is 0.353 e. The molecular formula is C10H20ClNO. The zero-order valence-electron chi connectivity index (χ0n) is 8.93. The molecule has 0 aliphatic rings. The molecule has 3 heteroatoms. The highest BCUT2D eigenvalue weighted by Crippen LogP contribution is 2.06. The quantitative estimate of drug-likeness (QED) is 0.687. The van der Waals surface area contributed by atoms with Crippen LogP contribution in [0.2, 0.25) is 0 Å². The monoisotopic (exact) mass is 205 g/mol. The molecule has 0 rings (SSSR count). The van der Waals surface area contributed by atoms with Gasteiger partial charge in [0.1, 0.15) is 0 Å². The van der Waals surface area contributed by atoms with Crippen LogP contribution in [0.25, 0.3) is 0 Å². The van der Waals surface area contributed by atoms with E-state index in [-0.39, 0.29) is 23.2 Å². The second-order valence-corrected chi connectivity index (χ2v) is 4.48. The summed E-state index contributed by atoms with van der Waals surface area (Å²) in [7, 11) is 0. The van der Waals surface area contributed by atoms with Gasteiger partial charge in [-0.1, -0.05) is 13.8 Å². The number of carbonyl (C=O) groups excluding carboxylic acids is 1. The van der Waals surface area contributed by atoms with Gasteiger partial charge in [0.2, 0.25) is 5.91 Å². The minimum Gasteiger partial charge on any atom is -0.353 e. The average molecular weight is 206 g/mol. The first-order valence-electron chi connectivity index (χ1n) is 4.91. The Labute approximate surface area is 86.0 Å². The van der Waals surface area contributed by atoms with Gasteiger partial charge in [0, 0.05) is 17.3 Å². The molecule has 0 fully saturated rings. The summed E-state index contributed by atoms with van der Waals surface area (Å²) in [6.45, 7) is 7.87. The van der Waals surface area contributed by atoms with Crippen molar-refractivity contribution in [2.24, 2.45) is 5.92 Å². The van der Waals surface area contributed by atoms with Gasteiger partial charge in [-0.05, 0) is 26.7 Å². The fourth-order valence-corrected chi connectivity index (χ4v) is 1.38. The van der Waals surface area contributed by atoms with Crippen LogP contribution in [0.5, 0.6) is 0 Å². The number of amides is 1. The smallest absolute Gasteiger partial charge is 0.223 e. The molecule has 0 aromatic heterocycles. The minimum absolute atomic E-state index is 0.105. The maximum atomic E-state index is 11.4. The van der Waals surface area contributed by atoms with Crippen molar-refractivity contribution >= 4 is 17.5 Å². The van der Waals surface area contributed by atoms with E-state index in [0.717, 1.165) is 12.8 Å². The van der Waals surface area contributed by atoms with E-state index in [0.29, 0.717) is 0 Å². The Morgan fingerprint density at radius 1 is 1.38 bits per heavy atom. The molecule has 1 amide bonds. The number of carbonyl (C=O) groups is 1. The van der Waals surface area contributed by atoms with Crippen molar-refractivity contribution < 1.29 is 4.79 Å². The van der Waals surface area contributed by atoms with Crippen LogP contribution >= 0.6 is 11.6 Å². The van der Waals surface area contributed by atoms with Gasteiger partial charge < -0.3 is 5.32 Å². The molecule has 0 heterocycles. The standard InChI is InChI=1S/C10H20ClNO/c1-5-7(2)10(13)12-9(4)6-8(3)11/h7-9H,5-6H2,1-4H3,(H,12,13). The van der Waals surface area contributed by atoms with Crippen LogP contribution in [0.15, 0.2) is 0 Å². The molecule has 0 aromatic rings. The number of rotatable bonds is 5. The van der Waals surface area contributed by atoms with Crippen LogP contribution in [0.3, 0.4) is 0 Å². The van der Waals surface area contributed by atoms with Crippen molar-refractivity contribution in [2.45, 2.75) is 52.0 Å². The van der Waals surface area contributed by atoms with Crippen molar-refractivity contribution in [3.8, 4) is 0 Å². The number of hydrogen-bond acceptors (Lipinski definition) is 1. The van der Waals surface area contributed by atoms with Crippen LogP contribution in [0.4, 0.5) is 0 Å². The normalized spacial score (nSPS) is 17.6.